The van der Waals surface area contributed by atoms with Gasteiger partial charge in [-0.3, -0.25) is 9.59 Å². The minimum absolute atomic E-state index is 0.0494. The number of hydrogen-bond donors (Lipinski definition) is 0. The lowest BCUT2D eigenvalue weighted by molar-refractivity contribution is -0.131. The molecule has 1 amide bonds. The Balaban J connectivity index is 1.40. The first-order chi connectivity index (χ1) is 16.9. The van der Waals surface area contributed by atoms with Crippen molar-refractivity contribution < 1.29 is 13.2 Å². The summed E-state index contributed by atoms with van der Waals surface area (Å²) in [4.78, 5) is 28.4. The average molecular weight is 490 g/mol. The molecule has 180 valence electrons. The van der Waals surface area contributed by atoms with E-state index in [2.05, 4.69) is 0 Å². The first-order valence-electron chi connectivity index (χ1n) is 11.7. The second kappa shape index (κ2) is 9.28. The molecule has 0 spiro atoms. The molecule has 0 radical (unpaired) electrons. The van der Waals surface area contributed by atoms with Gasteiger partial charge in [-0.15, -0.1) is 0 Å². The highest BCUT2D eigenvalue weighted by Crippen LogP contribution is 2.21. The molecule has 0 unspecified atom stereocenters. The Morgan fingerprint density at radius 2 is 1.40 bits per heavy atom. The van der Waals surface area contributed by atoms with Crippen LogP contribution in [0.1, 0.15) is 12.0 Å². The maximum absolute atomic E-state index is 13.4. The second-order valence-corrected chi connectivity index (χ2v) is 10.8. The smallest absolute Gasteiger partial charge is 0.243 e. The van der Waals surface area contributed by atoms with Crippen molar-refractivity contribution >= 4 is 37.7 Å². The molecule has 7 nitrogen and oxygen atoms in total. The summed E-state index contributed by atoms with van der Waals surface area (Å²) in [6.45, 7) is 3.40. The van der Waals surface area contributed by atoms with Crippen LogP contribution in [0.5, 0.6) is 0 Å². The van der Waals surface area contributed by atoms with Gasteiger partial charge in [0.2, 0.25) is 15.9 Å². The number of carbonyl (C=O) groups excluding carboxylic acids is 1. The SMILES string of the molecule is Cc1ccc(S(=O)(=O)N2CCCN(C(=O)Cn3c4ccccc4c(=O)c4ccccc43)CC2)cc1. The second-order valence-electron chi connectivity index (χ2n) is 8.90. The van der Waals surface area contributed by atoms with Crippen LogP contribution in [0.2, 0.25) is 0 Å². The number of benzene rings is 3. The van der Waals surface area contributed by atoms with E-state index in [-0.39, 0.29) is 29.3 Å². The Morgan fingerprint density at radius 1 is 0.800 bits per heavy atom. The van der Waals surface area contributed by atoms with Gasteiger partial charge in [0.1, 0.15) is 6.54 Å². The Bertz CT molecular complexity index is 1520. The van der Waals surface area contributed by atoms with Crippen LogP contribution in [0.3, 0.4) is 0 Å². The number of hydrogen-bond acceptors (Lipinski definition) is 4. The van der Waals surface area contributed by atoms with Crippen molar-refractivity contribution in [2.75, 3.05) is 26.2 Å². The summed E-state index contributed by atoms with van der Waals surface area (Å²) in [5, 5.41) is 1.15. The lowest BCUT2D eigenvalue weighted by Crippen LogP contribution is -2.38. The molecule has 0 aliphatic carbocycles. The number of sulfonamides is 1. The van der Waals surface area contributed by atoms with Crippen LogP contribution < -0.4 is 5.43 Å². The van der Waals surface area contributed by atoms with E-state index in [0.717, 1.165) is 5.56 Å². The molecule has 1 aliphatic rings. The van der Waals surface area contributed by atoms with E-state index in [0.29, 0.717) is 47.9 Å². The normalized spacial score (nSPS) is 15.4. The van der Waals surface area contributed by atoms with Gasteiger partial charge in [0, 0.05) is 37.0 Å². The van der Waals surface area contributed by atoms with Crippen LogP contribution in [0, 0.1) is 6.92 Å². The third-order valence-electron chi connectivity index (χ3n) is 6.64. The lowest BCUT2D eigenvalue weighted by Gasteiger charge is -2.23. The van der Waals surface area contributed by atoms with Crippen LogP contribution in [0.15, 0.2) is 82.5 Å². The zero-order valence-electron chi connectivity index (χ0n) is 19.6. The fraction of sp³-hybridized carbons (Fsp3) is 0.259. The molecule has 3 aromatic carbocycles. The number of aryl methyl sites for hydroxylation is 1. The van der Waals surface area contributed by atoms with Gasteiger partial charge in [-0.05, 0) is 49.7 Å². The Kier molecular flexibility index (Phi) is 6.17. The summed E-state index contributed by atoms with van der Waals surface area (Å²) in [7, 11) is -3.62. The fourth-order valence-corrected chi connectivity index (χ4v) is 6.19. The third kappa shape index (κ3) is 4.35. The van der Waals surface area contributed by atoms with Gasteiger partial charge in [0.25, 0.3) is 0 Å². The number of pyridine rings is 1. The molecule has 0 atom stereocenters. The maximum Gasteiger partial charge on any atom is 0.243 e. The van der Waals surface area contributed by atoms with Crippen LogP contribution >= 0.6 is 0 Å². The molecule has 5 rings (SSSR count). The van der Waals surface area contributed by atoms with Crippen molar-refractivity contribution in [2.24, 2.45) is 0 Å². The van der Waals surface area contributed by atoms with Crippen LogP contribution in [0.25, 0.3) is 21.8 Å². The molecular weight excluding hydrogens is 462 g/mol. The molecular formula is C27H27N3O4S. The van der Waals surface area contributed by atoms with Crippen molar-refractivity contribution in [3.05, 3.63) is 88.6 Å². The fourth-order valence-electron chi connectivity index (χ4n) is 4.73. The molecule has 1 aliphatic heterocycles. The highest BCUT2D eigenvalue weighted by molar-refractivity contribution is 7.89. The molecule has 0 saturated carbocycles. The van der Waals surface area contributed by atoms with E-state index in [1.165, 1.54) is 4.31 Å². The molecule has 1 fully saturated rings. The molecule has 2 heterocycles. The van der Waals surface area contributed by atoms with Gasteiger partial charge < -0.3 is 9.47 Å². The van der Waals surface area contributed by atoms with E-state index in [1.54, 1.807) is 41.3 Å². The zero-order valence-corrected chi connectivity index (χ0v) is 20.4. The minimum Gasteiger partial charge on any atom is -0.340 e. The summed E-state index contributed by atoms with van der Waals surface area (Å²) in [5.74, 6) is -0.0986. The number of fused-ring (bicyclic) bond motifs is 2. The Morgan fingerprint density at radius 3 is 2.03 bits per heavy atom. The van der Waals surface area contributed by atoms with E-state index in [1.807, 2.05) is 47.9 Å². The van der Waals surface area contributed by atoms with E-state index < -0.39 is 10.0 Å². The van der Waals surface area contributed by atoms with Crippen molar-refractivity contribution in [1.82, 2.24) is 13.8 Å². The summed E-state index contributed by atoms with van der Waals surface area (Å²) >= 11 is 0. The number of carbonyl (C=O) groups is 1. The number of amides is 1. The average Bonchev–Trinajstić information content (AvgIpc) is 3.14. The summed E-state index contributed by atoms with van der Waals surface area (Å²) < 4.78 is 29.6. The molecule has 1 saturated heterocycles. The molecule has 35 heavy (non-hydrogen) atoms. The zero-order chi connectivity index (χ0) is 24.6. The third-order valence-corrected chi connectivity index (χ3v) is 8.55. The summed E-state index contributed by atoms with van der Waals surface area (Å²) in [5.41, 5.74) is 2.37. The molecule has 8 heteroatoms. The monoisotopic (exact) mass is 489 g/mol. The van der Waals surface area contributed by atoms with Crippen LogP contribution in [-0.2, 0) is 21.4 Å². The Labute approximate surface area is 204 Å². The predicted molar refractivity (Wildman–Crippen MR) is 137 cm³/mol. The van der Waals surface area contributed by atoms with Crippen molar-refractivity contribution in [1.29, 1.82) is 0 Å². The standard InChI is InChI=1S/C27H27N3O4S/c1-20-11-13-21(14-12-20)35(33,34)29-16-6-15-28(17-18-29)26(31)19-30-24-9-4-2-7-22(24)27(32)23-8-3-5-10-25(23)30/h2-5,7-14H,6,15-19H2,1H3. The number of nitrogens with zero attached hydrogens (tertiary/aromatic N) is 3. The molecule has 0 N–H and O–H groups in total. The van der Waals surface area contributed by atoms with Crippen molar-refractivity contribution in [2.45, 2.75) is 24.8 Å². The highest BCUT2D eigenvalue weighted by Gasteiger charge is 2.28. The lowest BCUT2D eigenvalue weighted by atomic mass is 10.1. The molecule has 1 aromatic heterocycles. The van der Waals surface area contributed by atoms with E-state index >= 15 is 0 Å². The molecule has 4 aromatic rings. The van der Waals surface area contributed by atoms with Gasteiger partial charge in [0.05, 0.1) is 15.9 Å². The number of rotatable bonds is 4. The van der Waals surface area contributed by atoms with Gasteiger partial charge >= 0.3 is 0 Å². The number of aromatic nitrogens is 1. The Hall–Kier alpha value is -3.49. The van der Waals surface area contributed by atoms with Crippen molar-refractivity contribution in [3.63, 3.8) is 0 Å². The van der Waals surface area contributed by atoms with Crippen LogP contribution in [-0.4, -0.2) is 54.3 Å². The maximum atomic E-state index is 13.4. The van der Waals surface area contributed by atoms with Gasteiger partial charge in [-0.1, -0.05) is 42.0 Å². The van der Waals surface area contributed by atoms with Gasteiger partial charge in [-0.2, -0.15) is 4.31 Å². The van der Waals surface area contributed by atoms with E-state index in [9.17, 15) is 18.0 Å². The first-order valence-corrected chi connectivity index (χ1v) is 13.1. The predicted octanol–water partition coefficient (Wildman–Crippen LogP) is 3.39. The summed E-state index contributed by atoms with van der Waals surface area (Å²) in [6, 6.07) is 21.5. The minimum atomic E-state index is -3.62. The summed E-state index contributed by atoms with van der Waals surface area (Å²) in [6.07, 6.45) is 0.558. The highest BCUT2D eigenvalue weighted by atomic mass is 32.2. The number of para-hydroxylation sites is 2. The van der Waals surface area contributed by atoms with Gasteiger partial charge in [-0.25, -0.2) is 8.42 Å². The first kappa shape index (κ1) is 23.3. The topological polar surface area (TPSA) is 79.7 Å². The van der Waals surface area contributed by atoms with E-state index in [4.69, 9.17) is 0 Å². The van der Waals surface area contributed by atoms with Gasteiger partial charge in [0.15, 0.2) is 5.43 Å². The quantitative estimate of drug-likeness (QED) is 0.412. The van der Waals surface area contributed by atoms with Crippen LogP contribution in [0.4, 0.5) is 0 Å². The molecule has 0 bridgehead atoms. The largest absolute Gasteiger partial charge is 0.340 e. The van der Waals surface area contributed by atoms with Crippen molar-refractivity contribution in [3.8, 4) is 0 Å².